The monoisotopic (exact) mass is 465 g/mol. The molecule has 0 aliphatic rings. The van der Waals surface area contributed by atoms with Crippen molar-refractivity contribution >= 4 is 32.1 Å². The van der Waals surface area contributed by atoms with Gasteiger partial charge in [-0.25, -0.2) is 12.8 Å². The van der Waals surface area contributed by atoms with Crippen LogP contribution in [0.5, 0.6) is 5.75 Å². The van der Waals surface area contributed by atoms with Gasteiger partial charge < -0.3 is 15.3 Å². The van der Waals surface area contributed by atoms with Crippen LogP contribution in [0.2, 0.25) is 0 Å². The van der Waals surface area contributed by atoms with E-state index in [-0.39, 0.29) is 4.90 Å². The van der Waals surface area contributed by atoms with Crippen LogP contribution in [-0.2, 0) is 16.4 Å². The summed E-state index contributed by atoms with van der Waals surface area (Å²) in [5.74, 6) is -1.19. The van der Waals surface area contributed by atoms with Crippen LogP contribution < -0.4 is 5.32 Å². The van der Waals surface area contributed by atoms with E-state index in [2.05, 4.69) is 15.2 Å². The Morgan fingerprint density at radius 3 is 2.45 bits per heavy atom. The molecule has 0 unspecified atom stereocenters. The largest absolute Gasteiger partial charge is 0.504 e. The summed E-state index contributed by atoms with van der Waals surface area (Å²) in [6, 6.07) is 17.1. The van der Waals surface area contributed by atoms with Gasteiger partial charge in [0.2, 0.25) is 0 Å². The van der Waals surface area contributed by atoms with Gasteiger partial charge in [0.25, 0.3) is 0 Å². The van der Waals surface area contributed by atoms with Gasteiger partial charge in [-0.2, -0.15) is 0 Å². The van der Waals surface area contributed by atoms with Crippen molar-refractivity contribution in [2.45, 2.75) is 11.4 Å². The van der Waals surface area contributed by atoms with E-state index in [0.717, 1.165) is 18.4 Å². The maximum atomic E-state index is 13.9. The molecule has 6 nitrogen and oxygen atoms in total. The smallest absolute Gasteiger partial charge is 0.179 e. The molecule has 33 heavy (non-hydrogen) atoms. The molecule has 0 fully saturated rings. The van der Waals surface area contributed by atoms with Crippen molar-refractivity contribution in [3.8, 4) is 16.9 Å². The van der Waals surface area contributed by atoms with Crippen LogP contribution in [0.15, 0.2) is 71.8 Å². The lowest BCUT2D eigenvalue weighted by atomic mass is 10.0. The summed E-state index contributed by atoms with van der Waals surface area (Å²) in [6.45, 7) is 0.785. The molecule has 1 heterocycles. The molecule has 0 aliphatic carbocycles. The minimum Gasteiger partial charge on any atom is -0.504 e. The standard InChI is InChI=1S/C25H24FN3O3S/c1-29(2)15-16-7-10-18(11-8-16)28-24-20-13-17(19-5-4-6-21(26)25(19)30)9-12-22(20)27-14-23(24)33(3,31)32/h4-14,30H,15H2,1-3H3,(H,27,28). The zero-order valence-electron chi connectivity index (χ0n) is 18.5. The molecule has 1 aromatic heterocycles. The maximum Gasteiger partial charge on any atom is 0.179 e. The van der Waals surface area contributed by atoms with Gasteiger partial charge >= 0.3 is 0 Å². The molecule has 3 aromatic carbocycles. The average molecular weight is 466 g/mol. The van der Waals surface area contributed by atoms with Gasteiger partial charge in [-0.3, -0.25) is 4.98 Å². The van der Waals surface area contributed by atoms with E-state index in [1.165, 1.54) is 18.3 Å². The normalized spacial score (nSPS) is 11.8. The number of hydrogen-bond acceptors (Lipinski definition) is 6. The third kappa shape index (κ3) is 4.81. The van der Waals surface area contributed by atoms with Crippen LogP contribution in [0.3, 0.4) is 0 Å². The summed E-state index contributed by atoms with van der Waals surface area (Å²) in [7, 11) is 0.373. The predicted molar refractivity (Wildman–Crippen MR) is 129 cm³/mol. The first-order chi connectivity index (χ1) is 15.6. The molecule has 0 radical (unpaired) electrons. The van der Waals surface area contributed by atoms with Crippen LogP contribution in [0, 0.1) is 5.82 Å². The van der Waals surface area contributed by atoms with E-state index >= 15 is 0 Å². The summed E-state index contributed by atoms with van der Waals surface area (Å²) < 4.78 is 39.0. The van der Waals surface area contributed by atoms with Crippen molar-refractivity contribution in [3.05, 3.63) is 78.2 Å². The van der Waals surface area contributed by atoms with Crippen molar-refractivity contribution in [1.82, 2.24) is 9.88 Å². The van der Waals surface area contributed by atoms with E-state index in [1.807, 2.05) is 38.4 Å². The molecule has 0 amide bonds. The van der Waals surface area contributed by atoms with Gasteiger partial charge in [-0.15, -0.1) is 0 Å². The summed E-state index contributed by atoms with van der Waals surface area (Å²) in [4.78, 5) is 6.42. The molecule has 0 bridgehead atoms. The highest BCUT2D eigenvalue weighted by Gasteiger charge is 2.19. The molecule has 0 saturated heterocycles. The van der Waals surface area contributed by atoms with Crippen molar-refractivity contribution in [3.63, 3.8) is 0 Å². The molecular weight excluding hydrogens is 441 g/mol. The van der Waals surface area contributed by atoms with Crippen LogP contribution >= 0.6 is 0 Å². The lowest BCUT2D eigenvalue weighted by Crippen LogP contribution is -2.10. The highest BCUT2D eigenvalue weighted by Crippen LogP contribution is 2.37. The number of fused-ring (bicyclic) bond motifs is 1. The number of nitrogens with one attached hydrogen (secondary N) is 1. The average Bonchev–Trinajstić information content (AvgIpc) is 2.76. The van der Waals surface area contributed by atoms with Crippen molar-refractivity contribution in [2.75, 3.05) is 25.7 Å². The van der Waals surface area contributed by atoms with Gasteiger partial charge in [0, 0.05) is 35.6 Å². The summed E-state index contributed by atoms with van der Waals surface area (Å²) in [5, 5.41) is 14.0. The van der Waals surface area contributed by atoms with Gasteiger partial charge in [0.1, 0.15) is 4.90 Å². The van der Waals surface area contributed by atoms with Crippen LogP contribution in [0.1, 0.15) is 5.56 Å². The Bertz CT molecular complexity index is 1440. The number of halogens is 1. The number of aromatic hydroxyl groups is 1. The molecule has 2 N–H and O–H groups in total. The summed E-state index contributed by atoms with van der Waals surface area (Å²) in [5.41, 5.74) is 3.62. The number of hydrogen-bond donors (Lipinski definition) is 2. The highest BCUT2D eigenvalue weighted by molar-refractivity contribution is 7.90. The van der Waals surface area contributed by atoms with E-state index < -0.39 is 21.4 Å². The predicted octanol–water partition coefficient (Wildman–Crippen LogP) is 4.96. The number of sulfone groups is 1. The Morgan fingerprint density at radius 2 is 1.79 bits per heavy atom. The fourth-order valence-electron chi connectivity index (χ4n) is 3.70. The fourth-order valence-corrected chi connectivity index (χ4v) is 4.48. The number of para-hydroxylation sites is 1. The highest BCUT2D eigenvalue weighted by atomic mass is 32.2. The Labute approximate surface area is 192 Å². The Morgan fingerprint density at radius 1 is 1.06 bits per heavy atom. The van der Waals surface area contributed by atoms with Crippen molar-refractivity contribution < 1.29 is 17.9 Å². The quantitative estimate of drug-likeness (QED) is 0.419. The maximum absolute atomic E-state index is 13.9. The van der Waals surface area contributed by atoms with Crippen molar-refractivity contribution in [2.24, 2.45) is 0 Å². The molecule has 4 rings (SSSR count). The number of benzene rings is 3. The number of aromatic nitrogens is 1. The third-order valence-electron chi connectivity index (χ3n) is 5.25. The zero-order valence-corrected chi connectivity index (χ0v) is 19.3. The van der Waals surface area contributed by atoms with Crippen molar-refractivity contribution in [1.29, 1.82) is 0 Å². The molecule has 0 aliphatic heterocycles. The number of phenols is 1. The lowest BCUT2D eigenvalue weighted by Gasteiger charge is -2.16. The Balaban J connectivity index is 1.87. The van der Waals surface area contributed by atoms with E-state index in [4.69, 9.17) is 0 Å². The van der Waals surface area contributed by atoms with E-state index in [0.29, 0.717) is 33.4 Å². The fraction of sp³-hybridized carbons (Fsp3) is 0.160. The zero-order chi connectivity index (χ0) is 23.8. The van der Waals surface area contributed by atoms with E-state index in [1.54, 1.807) is 24.3 Å². The van der Waals surface area contributed by atoms with Crippen LogP contribution in [-0.4, -0.2) is 43.8 Å². The molecule has 4 aromatic rings. The number of pyridine rings is 1. The molecule has 8 heteroatoms. The second-order valence-corrected chi connectivity index (χ2v) is 10.2. The van der Waals surface area contributed by atoms with Crippen LogP contribution in [0.25, 0.3) is 22.0 Å². The van der Waals surface area contributed by atoms with E-state index in [9.17, 15) is 17.9 Å². The Hall–Kier alpha value is -3.49. The lowest BCUT2D eigenvalue weighted by molar-refractivity contribution is 0.402. The minimum atomic E-state index is -3.60. The van der Waals surface area contributed by atoms with Gasteiger partial charge in [0.05, 0.1) is 11.2 Å². The molecular formula is C25H24FN3O3S. The topological polar surface area (TPSA) is 82.5 Å². The van der Waals surface area contributed by atoms with Gasteiger partial charge in [-0.1, -0.05) is 30.3 Å². The first kappa shape index (κ1) is 22.7. The van der Waals surface area contributed by atoms with Gasteiger partial charge in [0.15, 0.2) is 21.4 Å². The molecule has 0 saturated carbocycles. The first-order valence-electron chi connectivity index (χ1n) is 10.2. The van der Waals surface area contributed by atoms with Crippen LogP contribution in [0.4, 0.5) is 15.8 Å². The number of anilines is 2. The number of phenolic OH excluding ortho intramolecular Hbond substituents is 1. The summed E-state index contributed by atoms with van der Waals surface area (Å²) in [6.07, 6.45) is 2.46. The van der Waals surface area contributed by atoms with Gasteiger partial charge in [-0.05, 0) is 55.6 Å². The Kier molecular flexibility index (Phi) is 6.05. The second-order valence-electron chi connectivity index (χ2n) is 8.20. The SMILES string of the molecule is CN(C)Cc1ccc(Nc2c(S(C)(=O)=O)cnc3ccc(-c4cccc(F)c4O)cc23)cc1. The second kappa shape index (κ2) is 8.80. The number of rotatable bonds is 6. The molecule has 170 valence electrons. The third-order valence-corrected chi connectivity index (χ3v) is 6.36. The first-order valence-corrected chi connectivity index (χ1v) is 12.1. The summed E-state index contributed by atoms with van der Waals surface area (Å²) >= 11 is 0. The molecule has 0 spiro atoms. The molecule has 0 atom stereocenters. The number of nitrogens with zero attached hydrogens (tertiary/aromatic N) is 2. The minimum absolute atomic E-state index is 0.0491.